The predicted molar refractivity (Wildman–Crippen MR) is 199 cm³/mol. The normalized spacial score (nSPS) is 45.1. The smallest absolute Gasteiger partial charge is 0.306 e. The summed E-state index contributed by atoms with van der Waals surface area (Å²) in [6.07, 6.45) is 11.6. The van der Waals surface area contributed by atoms with Gasteiger partial charge in [-0.15, -0.1) is 0 Å². The van der Waals surface area contributed by atoms with Gasteiger partial charge in [-0.25, -0.2) is 0 Å². The maximum Gasteiger partial charge on any atom is 0.306 e. The number of hydrogen-bond acceptors (Lipinski definition) is 11. The highest BCUT2D eigenvalue weighted by atomic mass is 16.7. The van der Waals surface area contributed by atoms with Gasteiger partial charge in [-0.2, -0.15) is 0 Å². The second-order valence-corrected chi connectivity index (χ2v) is 16.7. The summed E-state index contributed by atoms with van der Waals surface area (Å²) >= 11 is 0. The number of nitrogens with zero attached hydrogens (tertiary/aromatic N) is 1. The van der Waals surface area contributed by atoms with Crippen LogP contribution >= 0.6 is 0 Å². The molecule has 3 saturated heterocycles. The first-order valence-corrected chi connectivity index (χ1v) is 20.5. The van der Waals surface area contributed by atoms with E-state index in [-0.39, 0.29) is 96.8 Å². The van der Waals surface area contributed by atoms with Crippen molar-refractivity contribution in [3.05, 3.63) is 23.8 Å². The molecule has 6 aliphatic rings. The summed E-state index contributed by atoms with van der Waals surface area (Å²) in [7, 11) is 9.17. The number of carbonyl (C=O) groups excluding carboxylic acids is 2. The topological polar surface area (TPSA) is 111 Å². The number of fused-ring (bicyclic) bond motifs is 5. The van der Waals surface area contributed by atoms with Crippen molar-refractivity contribution in [2.45, 2.75) is 159 Å². The minimum Gasteiger partial charge on any atom is -0.462 e. The van der Waals surface area contributed by atoms with E-state index in [4.69, 9.17) is 37.9 Å². The van der Waals surface area contributed by atoms with Gasteiger partial charge < -0.3 is 42.8 Å². The van der Waals surface area contributed by atoms with Gasteiger partial charge in [-0.1, -0.05) is 32.1 Å². The molecule has 4 fully saturated rings. The Bertz CT molecular complexity index is 1300. The fourth-order valence-corrected chi connectivity index (χ4v) is 10.7. The van der Waals surface area contributed by atoms with Crippen LogP contribution in [0.2, 0.25) is 0 Å². The van der Waals surface area contributed by atoms with E-state index >= 15 is 0 Å². The van der Waals surface area contributed by atoms with Crippen LogP contribution in [-0.2, 0) is 47.5 Å². The molecule has 0 amide bonds. The minimum atomic E-state index is -0.594. The second-order valence-electron chi connectivity index (χ2n) is 16.7. The summed E-state index contributed by atoms with van der Waals surface area (Å²) in [4.78, 5) is 30.7. The van der Waals surface area contributed by atoms with Crippen molar-refractivity contribution in [3.8, 4) is 0 Å². The Hall–Kier alpha value is -1.70. The first-order valence-electron chi connectivity index (χ1n) is 20.5. The van der Waals surface area contributed by atoms with Gasteiger partial charge in [-0.05, 0) is 115 Å². The average Bonchev–Trinajstić information content (AvgIpc) is 3.71. The van der Waals surface area contributed by atoms with E-state index in [9.17, 15) is 9.59 Å². The van der Waals surface area contributed by atoms with Gasteiger partial charge in [0.05, 0.1) is 30.8 Å². The molecule has 300 valence electrons. The molecule has 11 nitrogen and oxygen atoms in total. The third kappa shape index (κ3) is 8.68. The van der Waals surface area contributed by atoms with Crippen LogP contribution in [0, 0.1) is 35.5 Å². The van der Waals surface area contributed by atoms with Crippen LogP contribution in [0.25, 0.3) is 0 Å². The molecule has 0 radical (unpaired) electrons. The first kappa shape index (κ1) is 40.9. The first-order chi connectivity index (χ1) is 25.5. The lowest BCUT2D eigenvalue weighted by atomic mass is 9.70. The van der Waals surface area contributed by atoms with Gasteiger partial charge in [-0.3, -0.25) is 9.59 Å². The zero-order chi connectivity index (χ0) is 38.0. The number of allylic oxidation sites excluding steroid dienone is 4. The molecule has 3 aliphatic carbocycles. The van der Waals surface area contributed by atoms with Crippen molar-refractivity contribution in [1.29, 1.82) is 0 Å². The van der Waals surface area contributed by atoms with E-state index in [1.807, 2.05) is 6.92 Å². The van der Waals surface area contributed by atoms with E-state index in [0.717, 1.165) is 56.9 Å². The van der Waals surface area contributed by atoms with Crippen LogP contribution in [0.4, 0.5) is 0 Å². The number of cyclic esters (lactones) is 1. The van der Waals surface area contributed by atoms with E-state index < -0.39 is 12.4 Å². The molecule has 17 atom stereocenters. The largest absolute Gasteiger partial charge is 0.462 e. The van der Waals surface area contributed by atoms with Gasteiger partial charge in [0, 0.05) is 39.2 Å². The Morgan fingerprint density at radius 2 is 1.57 bits per heavy atom. The Balaban J connectivity index is 1.23. The number of Topliss-reactive ketones (excluding diaryl/α,β-unsaturated/α-hetero) is 1. The summed E-state index contributed by atoms with van der Waals surface area (Å²) in [6, 6.07) is 0.338. The number of ketones is 1. The Morgan fingerprint density at radius 1 is 0.811 bits per heavy atom. The molecule has 11 heteroatoms. The SMILES string of the molecule is CCC1CCCC(OC2CCC(N(C)C)C(C)O2)C(CC)C(=O)C2=CC3C(C=CC4CC(OC5OC(C)C(OC)C(OC)C5OC)CC43)C2CC(=O)O1. The van der Waals surface area contributed by atoms with Crippen LogP contribution in [0.5, 0.6) is 0 Å². The predicted octanol–water partition coefficient (Wildman–Crippen LogP) is 5.88. The fraction of sp³-hybridized carbons (Fsp3) is 0.857. The molecule has 3 aliphatic heterocycles. The molecule has 3 heterocycles. The van der Waals surface area contributed by atoms with E-state index in [0.29, 0.717) is 18.4 Å². The molecule has 0 spiro atoms. The van der Waals surface area contributed by atoms with Crippen LogP contribution in [0.1, 0.15) is 91.9 Å². The van der Waals surface area contributed by atoms with E-state index in [1.165, 1.54) is 0 Å². The maximum atomic E-state index is 14.9. The quantitative estimate of drug-likeness (QED) is 0.198. The number of esters is 1. The highest BCUT2D eigenvalue weighted by molar-refractivity contribution is 5.99. The van der Waals surface area contributed by atoms with Crippen molar-refractivity contribution in [2.24, 2.45) is 35.5 Å². The third-order valence-electron chi connectivity index (χ3n) is 13.5. The zero-order valence-corrected chi connectivity index (χ0v) is 33.6. The molecular formula is C42H67NO10. The molecule has 0 aromatic carbocycles. The van der Waals surface area contributed by atoms with Crippen molar-refractivity contribution in [1.82, 2.24) is 4.90 Å². The molecule has 17 unspecified atom stereocenters. The molecule has 6 rings (SSSR count). The van der Waals surface area contributed by atoms with Crippen LogP contribution in [0.15, 0.2) is 23.8 Å². The van der Waals surface area contributed by atoms with Gasteiger partial charge in [0.15, 0.2) is 18.4 Å². The van der Waals surface area contributed by atoms with E-state index in [1.54, 1.807) is 21.3 Å². The monoisotopic (exact) mass is 745 g/mol. The Labute approximate surface area is 317 Å². The highest BCUT2D eigenvalue weighted by Crippen LogP contribution is 2.54. The minimum absolute atomic E-state index is 0.0378. The van der Waals surface area contributed by atoms with Crippen molar-refractivity contribution >= 4 is 11.8 Å². The number of carbonyl (C=O) groups is 2. The van der Waals surface area contributed by atoms with Crippen molar-refractivity contribution < 1.29 is 47.5 Å². The second kappa shape index (κ2) is 18.0. The summed E-state index contributed by atoms with van der Waals surface area (Å²) < 4.78 is 49.8. The van der Waals surface area contributed by atoms with Crippen LogP contribution in [0.3, 0.4) is 0 Å². The molecule has 0 aromatic heterocycles. The lowest BCUT2D eigenvalue weighted by molar-refractivity contribution is -0.314. The summed E-state index contributed by atoms with van der Waals surface area (Å²) in [5.74, 6) is 0.112. The molecule has 0 bridgehead atoms. The maximum absolute atomic E-state index is 14.9. The van der Waals surface area contributed by atoms with Gasteiger partial charge in [0.2, 0.25) is 0 Å². The van der Waals surface area contributed by atoms with Crippen molar-refractivity contribution in [2.75, 3.05) is 35.4 Å². The van der Waals surface area contributed by atoms with Crippen molar-refractivity contribution in [3.63, 3.8) is 0 Å². The Kier molecular flexibility index (Phi) is 13.9. The van der Waals surface area contributed by atoms with Crippen LogP contribution < -0.4 is 0 Å². The average molecular weight is 746 g/mol. The number of methoxy groups -OCH3 is 3. The zero-order valence-electron chi connectivity index (χ0n) is 33.6. The standard InChI is InChI=1S/C42H67NO10/c1-10-26-13-12-14-35(53-37-18-17-34(43(5)6)23(3)49-37)28(11-2)38(45)33-21-31-29(32(33)22-36(44)51-26)16-15-25-19-27(20-30(25)31)52-42-41(48-9)40(47-8)39(46-7)24(4)50-42/h15-16,21,23-32,34-35,37,39-42H,10-14,17-20,22H2,1-9H3. The fourth-order valence-electron chi connectivity index (χ4n) is 10.7. The lowest BCUT2D eigenvalue weighted by Crippen LogP contribution is -2.59. The van der Waals surface area contributed by atoms with Gasteiger partial charge in [0.1, 0.15) is 24.4 Å². The molecule has 0 N–H and O–H groups in total. The molecular weight excluding hydrogens is 678 g/mol. The molecule has 53 heavy (non-hydrogen) atoms. The molecule has 1 saturated carbocycles. The third-order valence-corrected chi connectivity index (χ3v) is 13.5. The summed E-state index contributed by atoms with van der Waals surface area (Å²) in [6.45, 7) is 8.26. The Morgan fingerprint density at radius 3 is 2.23 bits per heavy atom. The lowest BCUT2D eigenvalue weighted by Gasteiger charge is -2.44. The summed E-state index contributed by atoms with van der Waals surface area (Å²) in [5, 5.41) is 0. The molecule has 0 aromatic rings. The number of likely N-dealkylation sites (N-methyl/N-ethyl adjacent to an activating group) is 1. The van der Waals surface area contributed by atoms with E-state index in [2.05, 4.69) is 58.0 Å². The summed E-state index contributed by atoms with van der Waals surface area (Å²) in [5.41, 5.74) is 0.781. The highest BCUT2D eigenvalue weighted by Gasteiger charge is 2.53. The van der Waals surface area contributed by atoms with Gasteiger partial charge >= 0.3 is 5.97 Å². The van der Waals surface area contributed by atoms with Crippen LogP contribution in [-0.4, -0.2) is 120 Å². The number of rotatable bonds is 10. The number of ether oxygens (including phenoxy) is 8. The van der Waals surface area contributed by atoms with Gasteiger partial charge in [0.25, 0.3) is 0 Å². The number of hydrogen-bond donors (Lipinski definition) is 0.